The number of hydrogen-bond acceptors (Lipinski definition) is 8. The highest BCUT2D eigenvalue weighted by molar-refractivity contribution is 8.77. The van der Waals surface area contributed by atoms with Gasteiger partial charge >= 0.3 is 5.97 Å². The Morgan fingerprint density at radius 3 is 2.55 bits per heavy atom. The van der Waals surface area contributed by atoms with Crippen molar-refractivity contribution in [1.82, 2.24) is 9.97 Å². The number of carbonyl (C=O) groups is 1. The van der Waals surface area contributed by atoms with E-state index in [0.717, 1.165) is 23.9 Å². The molecular weight excluding hydrogens is 320 g/mol. The quantitative estimate of drug-likeness (QED) is 0.478. The molecule has 1 saturated heterocycles. The second-order valence-corrected chi connectivity index (χ2v) is 7.69. The van der Waals surface area contributed by atoms with E-state index in [4.69, 9.17) is 9.47 Å². The van der Waals surface area contributed by atoms with Crippen LogP contribution in [-0.2, 0) is 4.79 Å². The van der Waals surface area contributed by atoms with Crippen molar-refractivity contribution < 1.29 is 19.4 Å². The molecule has 1 aromatic heterocycles. The second-order valence-electron chi connectivity index (χ2n) is 3.86. The van der Waals surface area contributed by atoms with Gasteiger partial charge in [0.2, 0.25) is 11.8 Å². The molecule has 1 fully saturated rings. The third kappa shape index (κ3) is 3.86. The van der Waals surface area contributed by atoms with Gasteiger partial charge in [0.25, 0.3) is 0 Å². The molecule has 2 unspecified atom stereocenters. The number of rotatable bonds is 6. The van der Waals surface area contributed by atoms with Crippen molar-refractivity contribution in [3.63, 3.8) is 0 Å². The van der Waals surface area contributed by atoms with E-state index in [2.05, 4.69) is 9.97 Å². The molecule has 6 nitrogen and oxygen atoms in total. The van der Waals surface area contributed by atoms with Gasteiger partial charge in [0.15, 0.2) is 5.16 Å². The lowest BCUT2D eigenvalue weighted by Gasteiger charge is -2.16. The van der Waals surface area contributed by atoms with Crippen LogP contribution in [0.5, 0.6) is 11.8 Å². The summed E-state index contributed by atoms with van der Waals surface area (Å²) in [6, 6.07) is 1.56. The fourth-order valence-electron chi connectivity index (χ4n) is 1.59. The summed E-state index contributed by atoms with van der Waals surface area (Å²) in [5.74, 6) is 0.844. The predicted molar refractivity (Wildman–Crippen MR) is 80.9 cm³/mol. The van der Waals surface area contributed by atoms with Gasteiger partial charge in [-0.25, -0.2) is 0 Å². The van der Waals surface area contributed by atoms with Crippen molar-refractivity contribution in [2.24, 2.45) is 0 Å². The van der Waals surface area contributed by atoms with Crippen molar-refractivity contribution in [3.8, 4) is 11.8 Å². The lowest BCUT2D eigenvalue weighted by Crippen LogP contribution is -2.27. The fourth-order valence-corrected chi connectivity index (χ4v) is 5.97. The Morgan fingerprint density at radius 2 is 2.10 bits per heavy atom. The maximum absolute atomic E-state index is 11.4. The van der Waals surface area contributed by atoms with E-state index < -0.39 is 11.2 Å². The van der Waals surface area contributed by atoms with Gasteiger partial charge in [-0.3, -0.25) is 4.79 Å². The molecular formula is C11H14N2O4S3. The summed E-state index contributed by atoms with van der Waals surface area (Å²) < 4.78 is 10.1. The lowest BCUT2D eigenvalue weighted by molar-refractivity contribution is -0.136. The average molecular weight is 334 g/mol. The average Bonchev–Trinajstić information content (AvgIpc) is 2.97. The van der Waals surface area contributed by atoms with E-state index in [1.165, 1.54) is 14.2 Å². The monoisotopic (exact) mass is 334 g/mol. The van der Waals surface area contributed by atoms with Crippen molar-refractivity contribution in [2.45, 2.75) is 22.1 Å². The van der Waals surface area contributed by atoms with Gasteiger partial charge in [-0.1, -0.05) is 33.3 Å². The maximum atomic E-state index is 11.4. The summed E-state index contributed by atoms with van der Waals surface area (Å²) in [7, 11) is 6.31. The SMILES string of the molecule is COc1cc(OC)nc(SC(C(=O)O)C2CCSS2)n1. The zero-order chi connectivity index (χ0) is 14.5. The van der Waals surface area contributed by atoms with Gasteiger partial charge in [0.1, 0.15) is 5.25 Å². The highest BCUT2D eigenvalue weighted by Gasteiger charge is 2.33. The van der Waals surface area contributed by atoms with E-state index >= 15 is 0 Å². The van der Waals surface area contributed by atoms with Crippen LogP contribution >= 0.6 is 33.3 Å². The first kappa shape index (κ1) is 15.6. The number of ether oxygens (including phenoxy) is 2. The Labute approximate surface area is 128 Å². The minimum Gasteiger partial charge on any atom is -0.481 e. The van der Waals surface area contributed by atoms with Gasteiger partial charge in [0.05, 0.1) is 20.3 Å². The van der Waals surface area contributed by atoms with E-state index in [-0.39, 0.29) is 5.25 Å². The molecule has 0 aromatic carbocycles. The molecule has 0 spiro atoms. The molecule has 1 aliphatic heterocycles. The highest BCUT2D eigenvalue weighted by Crippen LogP contribution is 2.43. The van der Waals surface area contributed by atoms with Crippen LogP contribution in [0.4, 0.5) is 0 Å². The molecule has 20 heavy (non-hydrogen) atoms. The lowest BCUT2D eigenvalue weighted by atomic mass is 10.2. The number of carboxylic acid groups (broad SMARTS) is 1. The molecule has 0 radical (unpaired) electrons. The first-order valence-corrected chi connectivity index (χ1v) is 9.05. The van der Waals surface area contributed by atoms with Crippen molar-refractivity contribution >= 4 is 39.3 Å². The van der Waals surface area contributed by atoms with Gasteiger partial charge in [-0.15, -0.1) is 0 Å². The van der Waals surface area contributed by atoms with Gasteiger partial charge in [-0.05, 0) is 6.42 Å². The molecule has 0 amide bonds. The van der Waals surface area contributed by atoms with E-state index in [1.54, 1.807) is 27.7 Å². The van der Waals surface area contributed by atoms with Crippen LogP contribution in [0.3, 0.4) is 0 Å². The molecule has 1 aliphatic rings. The molecule has 1 N–H and O–H groups in total. The first-order chi connectivity index (χ1) is 9.63. The summed E-state index contributed by atoms with van der Waals surface area (Å²) in [6.45, 7) is 0. The minimum atomic E-state index is -0.847. The summed E-state index contributed by atoms with van der Waals surface area (Å²) in [6.07, 6.45) is 0.875. The number of methoxy groups -OCH3 is 2. The normalized spacial score (nSPS) is 19.6. The smallest absolute Gasteiger partial charge is 0.318 e. The van der Waals surface area contributed by atoms with E-state index in [1.807, 2.05) is 0 Å². The summed E-state index contributed by atoms with van der Waals surface area (Å²) in [4.78, 5) is 19.8. The van der Waals surface area contributed by atoms with Crippen LogP contribution in [0.25, 0.3) is 0 Å². The topological polar surface area (TPSA) is 81.5 Å². The van der Waals surface area contributed by atoms with Crippen molar-refractivity contribution in [2.75, 3.05) is 20.0 Å². The van der Waals surface area contributed by atoms with E-state index in [9.17, 15) is 9.90 Å². The molecule has 2 atom stereocenters. The van der Waals surface area contributed by atoms with Gasteiger partial charge in [0, 0.05) is 11.0 Å². The van der Waals surface area contributed by atoms with Gasteiger partial charge in [-0.2, -0.15) is 9.97 Å². The zero-order valence-corrected chi connectivity index (χ0v) is 13.4. The Kier molecular flexibility index (Phi) is 5.67. The number of carboxylic acids is 1. The first-order valence-electron chi connectivity index (χ1n) is 5.79. The second kappa shape index (κ2) is 7.28. The zero-order valence-electron chi connectivity index (χ0n) is 10.9. The number of nitrogens with zero attached hydrogens (tertiary/aromatic N) is 2. The molecule has 1 aromatic rings. The molecule has 0 saturated carbocycles. The molecule has 2 rings (SSSR count). The number of hydrogen-bond donors (Lipinski definition) is 1. The van der Waals surface area contributed by atoms with E-state index in [0.29, 0.717) is 16.9 Å². The Balaban J connectivity index is 2.19. The van der Waals surface area contributed by atoms with Crippen LogP contribution in [0.1, 0.15) is 6.42 Å². The predicted octanol–water partition coefficient (Wildman–Crippen LogP) is 2.19. The Morgan fingerprint density at radius 1 is 1.45 bits per heavy atom. The molecule has 110 valence electrons. The Hall–Kier alpha value is -0.800. The summed E-state index contributed by atoms with van der Waals surface area (Å²) >= 11 is 1.14. The molecule has 0 aliphatic carbocycles. The minimum absolute atomic E-state index is 0.0586. The standard InChI is InChI=1S/C11H14N2O4S3/c1-16-7-5-8(17-2)13-11(12-7)19-9(10(14)15)6-3-4-18-20-6/h5-6,9H,3-4H2,1-2H3,(H,14,15). The Bertz CT molecular complexity index is 460. The molecule has 2 heterocycles. The maximum Gasteiger partial charge on any atom is 0.318 e. The van der Waals surface area contributed by atoms with Crippen LogP contribution in [0, 0.1) is 0 Å². The fraction of sp³-hybridized carbons (Fsp3) is 0.545. The summed E-state index contributed by atoms with van der Waals surface area (Å²) in [5.41, 5.74) is 0. The van der Waals surface area contributed by atoms with Crippen LogP contribution < -0.4 is 9.47 Å². The van der Waals surface area contributed by atoms with Crippen molar-refractivity contribution in [1.29, 1.82) is 0 Å². The number of thioether (sulfide) groups is 1. The molecule has 0 bridgehead atoms. The van der Waals surface area contributed by atoms with Crippen LogP contribution in [-0.4, -0.2) is 51.5 Å². The van der Waals surface area contributed by atoms with Crippen molar-refractivity contribution in [3.05, 3.63) is 6.07 Å². The van der Waals surface area contributed by atoms with Gasteiger partial charge < -0.3 is 14.6 Å². The third-order valence-corrected chi connectivity index (χ3v) is 6.86. The number of aliphatic carboxylic acids is 1. The molecule has 9 heteroatoms. The van der Waals surface area contributed by atoms with Crippen LogP contribution in [0.2, 0.25) is 0 Å². The highest BCUT2D eigenvalue weighted by atomic mass is 33.1. The third-order valence-electron chi connectivity index (χ3n) is 2.57. The summed E-state index contributed by atoms with van der Waals surface area (Å²) in [5, 5.41) is 9.22. The van der Waals surface area contributed by atoms with Crippen LogP contribution in [0.15, 0.2) is 11.2 Å². The number of aromatic nitrogens is 2. The largest absolute Gasteiger partial charge is 0.481 e.